The molecule has 168 valence electrons. The number of ether oxygens (including phenoxy) is 1. The predicted octanol–water partition coefficient (Wildman–Crippen LogP) is 3.56. The van der Waals surface area contributed by atoms with E-state index in [4.69, 9.17) is 4.74 Å². The summed E-state index contributed by atoms with van der Waals surface area (Å²) in [5.41, 5.74) is 1.21. The monoisotopic (exact) mass is 528 g/mol. The molecule has 1 atom stereocenters. The fraction of sp³-hybridized carbons (Fsp3) is 0.652. The van der Waals surface area contributed by atoms with E-state index in [2.05, 4.69) is 39.6 Å². The zero-order valence-electron chi connectivity index (χ0n) is 18.1. The molecular weight excluding hydrogens is 491 g/mol. The van der Waals surface area contributed by atoms with E-state index in [9.17, 15) is 4.79 Å². The van der Waals surface area contributed by atoms with Gasteiger partial charge in [-0.05, 0) is 31.7 Å². The molecule has 1 saturated carbocycles. The Bertz CT molecular complexity index is 650. The van der Waals surface area contributed by atoms with Crippen LogP contribution in [0.3, 0.4) is 0 Å². The predicted molar refractivity (Wildman–Crippen MR) is 132 cm³/mol. The number of hydrogen-bond acceptors (Lipinski definition) is 3. The van der Waals surface area contributed by atoms with E-state index >= 15 is 0 Å². The summed E-state index contributed by atoms with van der Waals surface area (Å²) in [6.07, 6.45) is 7.03. The molecule has 1 heterocycles. The summed E-state index contributed by atoms with van der Waals surface area (Å²) in [5, 5.41) is 6.49. The van der Waals surface area contributed by atoms with Gasteiger partial charge in [0.1, 0.15) is 6.54 Å². The highest BCUT2D eigenvalue weighted by Crippen LogP contribution is 2.18. The number of aliphatic imine (C=N–C) groups is 1. The van der Waals surface area contributed by atoms with Crippen molar-refractivity contribution >= 4 is 35.8 Å². The quantitative estimate of drug-likeness (QED) is 0.308. The number of likely N-dealkylation sites (tertiary alicyclic amines) is 1. The number of hydrogen-bond donors (Lipinski definition) is 2. The summed E-state index contributed by atoms with van der Waals surface area (Å²) in [7, 11) is 0. The second-order valence-corrected chi connectivity index (χ2v) is 8.17. The molecule has 1 unspecified atom stereocenters. The second kappa shape index (κ2) is 13.9. The summed E-state index contributed by atoms with van der Waals surface area (Å²) in [5.74, 6) is 1.38. The van der Waals surface area contributed by atoms with E-state index in [0.717, 1.165) is 51.5 Å². The van der Waals surface area contributed by atoms with Gasteiger partial charge in [0, 0.05) is 31.6 Å². The van der Waals surface area contributed by atoms with E-state index < -0.39 is 0 Å². The third-order valence-corrected chi connectivity index (χ3v) is 5.73. The van der Waals surface area contributed by atoms with E-state index in [1.54, 1.807) is 0 Å². The third-order valence-electron chi connectivity index (χ3n) is 5.73. The average Bonchev–Trinajstić information content (AvgIpc) is 3.21. The minimum Gasteiger partial charge on any atom is -0.376 e. The number of nitrogens with one attached hydrogen (secondary N) is 2. The molecule has 1 aromatic carbocycles. The van der Waals surface area contributed by atoms with Gasteiger partial charge in [0.2, 0.25) is 5.91 Å². The third kappa shape index (κ3) is 8.41. The number of halogens is 1. The van der Waals surface area contributed by atoms with Crippen LogP contribution in [0.5, 0.6) is 0 Å². The summed E-state index contributed by atoms with van der Waals surface area (Å²) in [4.78, 5) is 19.2. The summed E-state index contributed by atoms with van der Waals surface area (Å²) < 4.78 is 5.92. The van der Waals surface area contributed by atoms with Gasteiger partial charge in [0.25, 0.3) is 0 Å². The van der Waals surface area contributed by atoms with Crippen LogP contribution in [0.2, 0.25) is 0 Å². The van der Waals surface area contributed by atoms with Crippen LogP contribution in [0.25, 0.3) is 0 Å². The summed E-state index contributed by atoms with van der Waals surface area (Å²) in [6.45, 7) is 6.35. The Hall–Kier alpha value is -1.35. The lowest BCUT2D eigenvalue weighted by Crippen LogP contribution is -2.42. The molecule has 0 spiro atoms. The van der Waals surface area contributed by atoms with Gasteiger partial charge in [0.05, 0.1) is 13.2 Å². The highest BCUT2D eigenvalue weighted by atomic mass is 127. The van der Waals surface area contributed by atoms with Crippen molar-refractivity contribution in [1.29, 1.82) is 0 Å². The van der Waals surface area contributed by atoms with Crippen molar-refractivity contribution in [3.05, 3.63) is 35.9 Å². The van der Waals surface area contributed by atoms with E-state index in [1.807, 2.05) is 18.2 Å². The standard InChI is InChI=1S/C23H36N4O2.HI/c1-2-24-23(25-15-22(28)26-21-11-7-4-8-12-21)27-14-13-20(16-27)18-29-17-19-9-5-3-6-10-19;/h3,5-6,9-10,20-21H,2,4,7-8,11-18H2,1H3,(H,24,25)(H,26,28);1H. The lowest BCUT2D eigenvalue weighted by molar-refractivity contribution is -0.120. The molecule has 1 saturated heterocycles. The Kier molecular flexibility index (Phi) is 11.5. The van der Waals surface area contributed by atoms with E-state index in [1.165, 1.54) is 24.8 Å². The smallest absolute Gasteiger partial charge is 0.242 e. The Morgan fingerprint density at radius 1 is 1.17 bits per heavy atom. The Morgan fingerprint density at radius 2 is 1.93 bits per heavy atom. The van der Waals surface area contributed by atoms with Crippen molar-refractivity contribution in [3.63, 3.8) is 0 Å². The molecule has 7 heteroatoms. The Labute approximate surface area is 198 Å². The van der Waals surface area contributed by atoms with Gasteiger partial charge in [-0.3, -0.25) is 4.79 Å². The first-order valence-electron chi connectivity index (χ1n) is 11.2. The zero-order chi connectivity index (χ0) is 20.3. The maximum absolute atomic E-state index is 12.3. The molecular formula is C23H37IN4O2. The van der Waals surface area contributed by atoms with Crippen LogP contribution in [-0.4, -0.2) is 55.6 Å². The minimum absolute atomic E-state index is 0. The molecule has 30 heavy (non-hydrogen) atoms. The van der Waals surface area contributed by atoms with Crippen LogP contribution in [0.1, 0.15) is 51.0 Å². The van der Waals surface area contributed by atoms with Crippen LogP contribution in [0.4, 0.5) is 0 Å². The van der Waals surface area contributed by atoms with Gasteiger partial charge in [-0.15, -0.1) is 24.0 Å². The number of carbonyl (C=O) groups is 1. The molecule has 0 bridgehead atoms. The minimum atomic E-state index is 0. The highest BCUT2D eigenvalue weighted by molar-refractivity contribution is 14.0. The van der Waals surface area contributed by atoms with Crippen molar-refractivity contribution in [2.45, 2.75) is 58.1 Å². The number of benzene rings is 1. The summed E-state index contributed by atoms with van der Waals surface area (Å²) >= 11 is 0. The first-order chi connectivity index (χ1) is 14.2. The fourth-order valence-electron chi connectivity index (χ4n) is 4.17. The topological polar surface area (TPSA) is 66.0 Å². The van der Waals surface area contributed by atoms with Crippen molar-refractivity contribution in [1.82, 2.24) is 15.5 Å². The lowest BCUT2D eigenvalue weighted by Gasteiger charge is -2.23. The largest absolute Gasteiger partial charge is 0.376 e. The van der Waals surface area contributed by atoms with Crippen LogP contribution < -0.4 is 10.6 Å². The fourth-order valence-corrected chi connectivity index (χ4v) is 4.17. The number of carbonyl (C=O) groups excluding carboxylic acids is 1. The van der Waals surface area contributed by atoms with Gasteiger partial charge in [-0.1, -0.05) is 49.6 Å². The molecule has 0 radical (unpaired) electrons. The Morgan fingerprint density at radius 3 is 2.67 bits per heavy atom. The highest BCUT2D eigenvalue weighted by Gasteiger charge is 2.25. The maximum atomic E-state index is 12.3. The normalized spacial score (nSPS) is 20.0. The van der Waals surface area contributed by atoms with Gasteiger partial charge in [-0.25, -0.2) is 4.99 Å². The van der Waals surface area contributed by atoms with Gasteiger partial charge in [0.15, 0.2) is 5.96 Å². The van der Waals surface area contributed by atoms with E-state index in [0.29, 0.717) is 18.6 Å². The van der Waals surface area contributed by atoms with E-state index in [-0.39, 0.29) is 36.4 Å². The Balaban J connectivity index is 0.00000320. The van der Waals surface area contributed by atoms with Crippen LogP contribution in [0, 0.1) is 5.92 Å². The second-order valence-electron chi connectivity index (χ2n) is 8.17. The lowest BCUT2D eigenvalue weighted by atomic mass is 9.95. The van der Waals surface area contributed by atoms with Crippen LogP contribution in [0.15, 0.2) is 35.3 Å². The summed E-state index contributed by atoms with van der Waals surface area (Å²) in [6, 6.07) is 10.6. The van der Waals surface area contributed by atoms with Crippen molar-refractivity contribution in [2.75, 3.05) is 32.8 Å². The number of guanidine groups is 1. The molecule has 1 amide bonds. The van der Waals surface area contributed by atoms with Gasteiger partial charge in [-0.2, -0.15) is 0 Å². The maximum Gasteiger partial charge on any atom is 0.242 e. The molecule has 2 fully saturated rings. The van der Waals surface area contributed by atoms with Gasteiger partial charge < -0.3 is 20.3 Å². The van der Waals surface area contributed by atoms with Crippen molar-refractivity contribution in [3.8, 4) is 0 Å². The molecule has 0 aromatic heterocycles. The first-order valence-corrected chi connectivity index (χ1v) is 11.2. The molecule has 1 aromatic rings. The SMILES string of the molecule is CCNC(=NCC(=O)NC1CCCCC1)N1CCC(COCc2ccccc2)C1.I. The van der Waals surface area contributed by atoms with Gasteiger partial charge >= 0.3 is 0 Å². The van der Waals surface area contributed by atoms with Crippen LogP contribution >= 0.6 is 24.0 Å². The molecule has 6 nitrogen and oxygen atoms in total. The molecule has 1 aliphatic carbocycles. The molecule has 1 aliphatic heterocycles. The average molecular weight is 528 g/mol. The van der Waals surface area contributed by atoms with Crippen molar-refractivity contribution < 1.29 is 9.53 Å². The molecule has 3 rings (SSSR count). The van der Waals surface area contributed by atoms with Crippen LogP contribution in [-0.2, 0) is 16.1 Å². The molecule has 2 aliphatic rings. The number of rotatable bonds is 8. The zero-order valence-corrected chi connectivity index (χ0v) is 20.5. The number of nitrogens with zero attached hydrogens (tertiary/aromatic N) is 2. The number of amides is 1. The molecule has 2 N–H and O–H groups in total. The van der Waals surface area contributed by atoms with Crippen molar-refractivity contribution in [2.24, 2.45) is 10.9 Å². The first kappa shape index (κ1) is 24.9.